The van der Waals surface area contributed by atoms with Crippen LogP contribution in [0.5, 0.6) is 5.75 Å². The molecule has 0 spiro atoms. The first-order valence-electron chi connectivity index (χ1n) is 12.3. The third kappa shape index (κ3) is 4.43. The molecule has 1 N–H and O–H groups in total. The minimum absolute atomic E-state index is 0.0698. The van der Waals surface area contributed by atoms with Crippen LogP contribution in [0.15, 0.2) is 59.8 Å². The molecule has 0 saturated carbocycles. The van der Waals surface area contributed by atoms with Crippen molar-refractivity contribution < 1.29 is 9.53 Å². The molecule has 1 aliphatic heterocycles. The number of anilines is 2. The van der Waals surface area contributed by atoms with Crippen molar-refractivity contribution in [2.75, 3.05) is 30.0 Å². The Bertz CT molecular complexity index is 1180. The summed E-state index contributed by atoms with van der Waals surface area (Å²) in [6, 6.07) is 18.0. The molecule has 2 aromatic rings. The van der Waals surface area contributed by atoms with E-state index in [1.807, 2.05) is 41.3 Å². The fourth-order valence-corrected chi connectivity index (χ4v) is 5.47. The lowest BCUT2D eigenvalue weighted by Crippen LogP contribution is -2.48. The highest BCUT2D eigenvalue weighted by Crippen LogP contribution is 2.50. The Morgan fingerprint density at radius 1 is 1.09 bits per heavy atom. The molecule has 0 saturated heterocycles. The standard InChI is InChI=1S/C29H34N4O2/c1-6-32(7-2)20-10-8-19(9-11-20)26-23(18-30)28(31)33(21-12-14-22(35-5)15-13-21)24-16-29(3,4)17-25(34)27(24)26/h8-15,23,26,31H,6-7,16-17H2,1-5H3. The van der Waals surface area contributed by atoms with Crippen LogP contribution >= 0.6 is 0 Å². The van der Waals surface area contributed by atoms with Gasteiger partial charge in [0, 0.05) is 48.1 Å². The lowest BCUT2D eigenvalue weighted by molar-refractivity contribution is -0.118. The van der Waals surface area contributed by atoms with E-state index in [-0.39, 0.29) is 17.0 Å². The van der Waals surface area contributed by atoms with Gasteiger partial charge in [0.15, 0.2) is 5.78 Å². The van der Waals surface area contributed by atoms with E-state index in [0.29, 0.717) is 18.4 Å². The Hall–Kier alpha value is -3.59. The molecule has 1 heterocycles. The van der Waals surface area contributed by atoms with E-state index < -0.39 is 11.8 Å². The van der Waals surface area contributed by atoms with Crippen LogP contribution in [0.25, 0.3) is 0 Å². The fourth-order valence-electron chi connectivity index (χ4n) is 5.47. The third-order valence-corrected chi connectivity index (χ3v) is 7.20. The molecule has 0 bridgehead atoms. The van der Waals surface area contributed by atoms with Crippen LogP contribution in [0, 0.1) is 28.1 Å². The van der Waals surface area contributed by atoms with Crippen LogP contribution in [0.1, 0.15) is 52.0 Å². The average molecular weight is 471 g/mol. The Morgan fingerprint density at radius 2 is 1.71 bits per heavy atom. The van der Waals surface area contributed by atoms with E-state index in [1.165, 1.54) is 0 Å². The minimum atomic E-state index is -0.764. The molecular weight excluding hydrogens is 436 g/mol. The number of benzene rings is 2. The molecule has 4 rings (SSSR count). The zero-order chi connectivity index (χ0) is 25.3. The summed E-state index contributed by atoms with van der Waals surface area (Å²) >= 11 is 0. The van der Waals surface area contributed by atoms with Crippen molar-refractivity contribution in [2.45, 2.75) is 46.5 Å². The van der Waals surface area contributed by atoms with Crippen molar-refractivity contribution in [3.63, 3.8) is 0 Å². The minimum Gasteiger partial charge on any atom is -0.497 e. The topological polar surface area (TPSA) is 80.4 Å². The summed E-state index contributed by atoms with van der Waals surface area (Å²) in [5.74, 6) is -0.221. The molecule has 2 aliphatic rings. The Balaban J connectivity index is 1.88. The second kappa shape index (κ2) is 9.58. The molecule has 2 aromatic carbocycles. The first-order chi connectivity index (χ1) is 16.7. The van der Waals surface area contributed by atoms with Crippen molar-refractivity contribution in [1.82, 2.24) is 0 Å². The lowest BCUT2D eigenvalue weighted by Gasteiger charge is -2.45. The number of allylic oxidation sites excluding steroid dienone is 2. The second-order valence-corrected chi connectivity index (χ2v) is 10.1. The van der Waals surface area contributed by atoms with E-state index in [9.17, 15) is 10.1 Å². The van der Waals surface area contributed by atoms with Gasteiger partial charge in [-0.15, -0.1) is 0 Å². The lowest BCUT2D eigenvalue weighted by atomic mass is 9.66. The summed E-state index contributed by atoms with van der Waals surface area (Å²) in [5, 5.41) is 19.4. The number of nitrogens with one attached hydrogen (secondary N) is 1. The van der Waals surface area contributed by atoms with Crippen LogP contribution in [0.4, 0.5) is 11.4 Å². The maximum atomic E-state index is 13.6. The summed E-state index contributed by atoms with van der Waals surface area (Å²) in [6.07, 6.45) is 1.09. The van der Waals surface area contributed by atoms with Gasteiger partial charge in [-0.25, -0.2) is 0 Å². The smallest absolute Gasteiger partial charge is 0.161 e. The Morgan fingerprint density at radius 3 is 2.26 bits per heavy atom. The molecule has 6 heteroatoms. The molecule has 182 valence electrons. The highest BCUT2D eigenvalue weighted by molar-refractivity contribution is 6.10. The molecule has 0 amide bonds. The molecule has 1 aliphatic carbocycles. The van der Waals surface area contributed by atoms with E-state index in [2.05, 4.69) is 50.8 Å². The molecular formula is C29H34N4O2. The van der Waals surface area contributed by atoms with Gasteiger partial charge < -0.3 is 14.5 Å². The Labute approximate surface area is 208 Å². The van der Waals surface area contributed by atoms with Gasteiger partial charge in [-0.3, -0.25) is 10.2 Å². The van der Waals surface area contributed by atoms with Crippen molar-refractivity contribution in [1.29, 1.82) is 10.7 Å². The molecule has 2 unspecified atom stereocenters. The van der Waals surface area contributed by atoms with Gasteiger partial charge in [0.25, 0.3) is 0 Å². The monoisotopic (exact) mass is 470 g/mol. The number of ketones is 1. The molecule has 0 fully saturated rings. The highest BCUT2D eigenvalue weighted by atomic mass is 16.5. The zero-order valence-corrected chi connectivity index (χ0v) is 21.3. The molecule has 6 nitrogen and oxygen atoms in total. The van der Waals surface area contributed by atoms with Crippen LogP contribution < -0.4 is 14.5 Å². The molecule has 35 heavy (non-hydrogen) atoms. The summed E-state index contributed by atoms with van der Waals surface area (Å²) in [4.78, 5) is 17.7. The quantitative estimate of drug-likeness (QED) is 0.568. The largest absolute Gasteiger partial charge is 0.497 e. The van der Waals surface area contributed by atoms with E-state index in [1.54, 1.807) is 7.11 Å². The van der Waals surface area contributed by atoms with Gasteiger partial charge in [-0.05, 0) is 67.6 Å². The first kappa shape index (κ1) is 24.5. The van der Waals surface area contributed by atoms with E-state index in [4.69, 9.17) is 10.1 Å². The third-order valence-electron chi connectivity index (χ3n) is 7.20. The highest BCUT2D eigenvalue weighted by Gasteiger charge is 2.48. The van der Waals surface area contributed by atoms with Crippen molar-refractivity contribution in [3.05, 3.63) is 65.4 Å². The van der Waals surface area contributed by atoms with Gasteiger partial charge >= 0.3 is 0 Å². The number of carbonyl (C=O) groups excluding carboxylic acids is 1. The second-order valence-electron chi connectivity index (χ2n) is 10.1. The van der Waals surface area contributed by atoms with Gasteiger partial charge in [0.05, 0.1) is 13.2 Å². The van der Waals surface area contributed by atoms with Crippen LogP contribution in [0.2, 0.25) is 0 Å². The zero-order valence-electron chi connectivity index (χ0n) is 21.3. The Kier molecular flexibility index (Phi) is 6.71. The van der Waals surface area contributed by atoms with Crippen molar-refractivity contribution in [2.24, 2.45) is 11.3 Å². The number of methoxy groups -OCH3 is 1. The van der Waals surface area contributed by atoms with E-state index in [0.717, 1.165) is 41.5 Å². The number of Topliss-reactive ketones (excluding diaryl/α,β-unsaturated/α-hetero) is 1. The SMILES string of the molecule is CCN(CC)c1ccc(C2C3=C(CC(C)(C)CC3=O)N(c3ccc(OC)cc3)C(=N)C2C#N)cc1. The number of nitriles is 1. The number of hydrogen-bond acceptors (Lipinski definition) is 5. The number of hydrogen-bond donors (Lipinski definition) is 1. The predicted octanol–water partition coefficient (Wildman–Crippen LogP) is 5.91. The maximum Gasteiger partial charge on any atom is 0.161 e. The van der Waals surface area contributed by atoms with Crippen LogP contribution in [-0.4, -0.2) is 31.8 Å². The number of amidine groups is 1. The summed E-state index contributed by atoms with van der Waals surface area (Å²) < 4.78 is 5.31. The van der Waals surface area contributed by atoms with Crippen molar-refractivity contribution >= 4 is 23.0 Å². The predicted molar refractivity (Wildman–Crippen MR) is 140 cm³/mol. The summed E-state index contributed by atoms with van der Waals surface area (Å²) in [6.45, 7) is 10.2. The van der Waals surface area contributed by atoms with Gasteiger partial charge in [0.2, 0.25) is 0 Å². The number of ether oxygens (including phenoxy) is 1. The number of rotatable bonds is 6. The maximum absolute atomic E-state index is 13.6. The van der Waals surface area contributed by atoms with Crippen LogP contribution in [0.3, 0.4) is 0 Å². The number of nitrogens with zero attached hydrogens (tertiary/aromatic N) is 3. The summed E-state index contributed by atoms with van der Waals surface area (Å²) in [5.41, 5.74) is 4.08. The first-order valence-corrected chi connectivity index (χ1v) is 12.3. The molecule has 0 aromatic heterocycles. The van der Waals surface area contributed by atoms with Gasteiger partial charge in [0.1, 0.15) is 17.5 Å². The normalized spacial score (nSPS) is 21.4. The van der Waals surface area contributed by atoms with E-state index >= 15 is 0 Å². The van der Waals surface area contributed by atoms with Crippen molar-refractivity contribution in [3.8, 4) is 11.8 Å². The number of carbonyl (C=O) groups is 1. The average Bonchev–Trinajstić information content (AvgIpc) is 2.84. The van der Waals surface area contributed by atoms with Crippen LogP contribution in [-0.2, 0) is 4.79 Å². The molecule has 2 atom stereocenters. The summed E-state index contributed by atoms with van der Waals surface area (Å²) in [7, 11) is 1.61. The fraction of sp³-hybridized carbons (Fsp3) is 0.414. The van der Waals surface area contributed by atoms with Gasteiger partial charge in [-0.1, -0.05) is 26.0 Å². The molecule has 0 radical (unpaired) electrons. The van der Waals surface area contributed by atoms with Gasteiger partial charge in [-0.2, -0.15) is 5.26 Å².